The number of hydrogen-bond acceptors (Lipinski definition) is 0. The lowest BCUT2D eigenvalue weighted by Gasteiger charge is -2.47. The third kappa shape index (κ3) is 7.47. The van der Waals surface area contributed by atoms with Crippen molar-refractivity contribution in [3.63, 3.8) is 0 Å². The molecule has 2 aromatic rings. The first-order valence-electron chi connectivity index (χ1n) is 17.0. The number of hydrogen-bond donors (Lipinski definition) is 0. The van der Waals surface area contributed by atoms with E-state index in [2.05, 4.69) is 177 Å². The minimum absolute atomic E-state index is 0.000552. The molecule has 0 saturated carbocycles. The summed E-state index contributed by atoms with van der Waals surface area (Å²) in [6.07, 6.45) is 0. The minimum Gasteiger partial charge on any atom is -0.0579 e. The standard InChI is InChI=1S/C43H72/c1-36(2,3)27-24-25-28(37(4,5)6)33(31(27)40(13,14)15)43(22,23)34-30(39(10,11)12)26-29(38(7,8)9)32(41(16,17)18)35(34)42(19,20)21/h24-26H,1-23H3. The highest BCUT2D eigenvalue weighted by atomic mass is 14.5. The van der Waals surface area contributed by atoms with Gasteiger partial charge in [0.05, 0.1) is 0 Å². The lowest BCUT2D eigenvalue weighted by atomic mass is 9.56. The summed E-state index contributed by atoms with van der Waals surface area (Å²) in [5.41, 5.74) is 13.5. The maximum absolute atomic E-state index is 2.63. The monoisotopic (exact) mass is 589 g/mol. The van der Waals surface area contributed by atoms with E-state index >= 15 is 0 Å². The molecule has 2 rings (SSSR count). The van der Waals surface area contributed by atoms with E-state index in [4.69, 9.17) is 0 Å². The molecule has 0 bridgehead atoms. The third-order valence-electron chi connectivity index (χ3n) is 9.26. The molecule has 43 heavy (non-hydrogen) atoms. The van der Waals surface area contributed by atoms with E-state index < -0.39 is 0 Å². The summed E-state index contributed by atoms with van der Waals surface area (Å²) in [4.78, 5) is 0. The molecule has 0 aliphatic rings. The number of benzene rings is 2. The summed E-state index contributed by atoms with van der Waals surface area (Å²) in [6, 6.07) is 7.57. The van der Waals surface area contributed by atoms with Crippen molar-refractivity contribution in [3.8, 4) is 0 Å². The molecule has 0 heterocycles. The Labute approximate surface area is 270 Å². The van der Waals surface area contributed by atoms with E-state index in [1.54, 1.807) is 22.3 Å². The Morgan fingerprint density at radius 1 is 0.256 bits per heavy atom. The molecule has 244 valence electrons. The Morgan fingerprint density at radius 3 is 0.767 bits per heavy atom. The Morgan fingerprint density at radius 2 is 0.488 bits per heavy atom. The summed E-state index contributed by atoms with van der Waals surface area (Å²) in [7, 11) is 0. The van der Waals surface area contributed by atoms with Gasteiger partial charge in [-0.05, 0) is 88.0 Å². The van der Waals surface area contributed by atoms with Crippen LogP contribution in [0.3, 0.4) is 0 Å². The predicted octanol–water partition coefficient (Wildman–Crippen LogP) is 13.1. The van der Waals surface area contributed by atoms with Gasteiger partial charge in [-0.1, -0.05) is 177 Å². The van der Waals surface area contributed by atoms with E-state index in [0.29, 0.717) is 0 Å². The van der Waals surface area contributed by atoms with Crippen LogP contribution in [-0.2, 0) is 43.3 Å². The van der Waals surface area contributed by atoms with Crippen molar-refractivity contribution in [3.05, 3.63) is 68.3 Å². The molecule has 0 unspecified atom stereocenters. The van der Waals surface area contributed by atoms with Crippen molar-refractivity contribution >= 4 is 0 Å². The van der Waals surface area contributed by atoms with Crippen LogP contribution >= 0.6 is 0 Å². The molecule has 0 fully saturated rings. The van der Waals surface area contributed by atoms with E-state index in [0.717, 1.165) is 0 Å². The summed E-state index contributed by atoms with van der Waals surface area (Å²) in [6.45, 7) is 56.0. The zero-order chi connectivity index (χ0) is 34.3. The molecule has 0 saturated heterocycles. The van der Waals surface area contributed by atoms with Crippen molar-refractivity contribution in [1.82, 2.24) is 0 Å². The maximum atomic E-state index is 2.63. The normalized spacial score (nSPS) is 14.9. The smallest absolute Gasteiger partial charge is 0.0158 e. The van der Waals surface area contributed by atoms with Gasteiger partial charge in [-0.3, -0.25) is 0 Å². The van der Waals surface area contributed by atoms with Gasteiger partial charge >= 0.3 is 0 Å². The molecule has 0 aliphatic heterocycles. The van der Waals surface area contributed by atoms with Crippen molar-refractivity contribution in [2.75, 3.05) is 0 Å². The lowest BCUT2D eigenvalue weighted by molar-refractivity contribution is 0.453. The highest BCUT2D eigenvalue weighted by molar-refractivity contribution is 5.64. The van der Waals surface area contributed by atoms with Crippen LogP contribution in [0.15, 0.2) is 18.2 Å². The van der Waals surface area contributed by atoms with Crippen LogP contribution in [0.4, 0.5) is 0 Å². The Bertz CT molecular complexity index is 1320. The molecule has 0 aromatic heterocycles. The SMILES string of the molecule is CC(C)(C)c1cc(C(C)(C)C)c(C(C)(C)c2c(C(C)(C)C)ccc(C(C)(C)C)c2C(C)(C)C)c(C(C)(C)C)c1C(C)(C)C. The van der Waals surface area contributed by atoms with E-state index in [-0.39, 0.29) is 43.3 Å². The van der Waals surface area contributed by atoms with Crippen molar-refractivity contribution < 1.29 is 0 Å². The summed E-state index contributed by atoms with van der Waals surface area (Å²) >= 11 is 0. The maximum Gasteiger partial charge on any atom is 0.0158 e. The van der Waals surface area contributed by atoms with E-state index in [1.165, 1.54) is 27.8 Å². The summed E-state index contributed by atoms with van der Waals surface area (Å²) < 4.78 is 0. The van der Waals surface area contributed by atoms with Gasteiger partial charge < -0.3 is 0 Å². The van der Waals surface area contributed by atoms with Gasteiger partial charge in [0.2, 0.25) is 0 Å². The van der Waals surface area contributed by atoms with Gasteiger partial charge in [-0.25, -0.2) is 0 Å². The molecular formula is C43H72. The minimum atomic E-state index is -0.242. The first kappa shape index (κ1) is 37.6. The second-order valence-corrected chi connectivity index (χ2v) is 21.4. The molecule has 2 aromatic carbocycles. The molecule has 0 atom stereocenters. The largest absolute Gasteiger partial charge is 0.0579 e. The average molecular weight is 589 g/mol. The zero-order valence-corrected chi connectivity index (χ0v) is 33.2. The fourth-order valence-electron chi connectivity index (χ4n) is 7.45. The van der Waals surface area contributed by atoms with Crippen LogP contribution in [0, 0.1) is 0 Å². The highest BCUT2D eigenvalue weighted by Crippen LogP contribution is 2.54. The molecular weight excluding hydrogens is 516 g/mol. The Hall–Kier alpha value is -1.56. The highest BCUT2D eigenvalue weighted by Gasteiger charge is 2.45. The van der Waals surface area contributed by atoms with E-state index in [9.17, 15) is 0 Å². The topological polar surface area (TPSA) is 0 Å². The second kappa shape index (κ2) is 10.8. The van der Waals surface area contributed by atoms with Crippen LogP contribution in [0.2, 0.25) is 0 Å². The Kier molecular flexibility index (Phi) is 9.42. The third-order valence-corrected chi connectivity index (χ3v) is 9.26. The quantitative estimate of drug-likeness (QED) is 0.327. The number of rotatable bonds is 2. The van der Waals surface area contributed by atoms with Gasteiger partial charge in [0.1, 0.15) is 0 Å². The fraction of sp³-hybridized carbons (Fsp3) is 0.721. The van der Waals surface area contributed by atoms with Crippen LogP contribution in [0.5, 0.6) is 0 Å². The molecule has 0 N–H and O–H groups in total. The van der Waals surface area contributed by atoms with Crippen molar-refractivity contribution in [2.24, 2.45) is 0 Å². The van der Waals surface area contributed by atoms with Crippen molar-refractivity contribution in [1.29, 1.82) is 0 Å². The van der Waals surface area contributed by atoms with Crippen LogP contribution in [0.1, 0.15) is 209 Å². The molecule has 0 radical (unpaired) electrons. The average Bonchev–Trinajstić information content (AvgIpc) is 2.72. The van der Waals surface area contributed by atoms with Crippen LogP contribution < -0.4 is 0 Å². The fourth-order valence-corrected chi connectivity index (χ4v) is 7.45. The summed E-state index contributed by atoms with van der Waals surface area (Å²) in [5.74, 6) is 0. The zero-order valence-electron chi connectivity index (χ0n) is 33.2. The molecule has 0 spiro atoms. The molecule has 0 aliphatic carbocycles. The van der Waals surface area contributed by atoms with Gasteiger partial charge in [0, 0.05) is 5.41 Å². The lowest BCUT2D eigenvalue weighted by Crippen LogP contribution is -2.39. The Balaban J connectivity index is 3.60. The first-order chi connectivity index (χ1) is 18.6. The molecule has 0 nitrogen and oxygen atoms in total. The predicted molar refractivity (Wildman–Crippen MR) is 196 cm³/mol. The van der Waals surface area contributed by atoms with Gasteiger partial charge in [0.25, 0.3) is 0 Å². The first-order valence-corrected chi connectivity index (χ1v) is 17.0. The van der Waals surface area contributed by atoms with Gasteiger partial charge in [0.15, 0.2) is 0 Å². The van der Waals surface area contributed by atoms with Crippen LogP contribution in [-0.4, -0.2) is 0 Å². The van der Waals surface area contributed by atoms with Gasteiger partial charge in [-0.2, -0.15) is 0 Å². The summed E-state index contributed by atoms with van der Waals surface area (Å²) in [5, 5.41) is 0. The van der Waals surface area contributed by atoms with Crippen LogP contribution in [0.25, 0.3) is 0 Å². The molecule has 0 heteroatoms. The van der Waals surface area contributed by atoms with Crippen molar-refractivity contribution in [2.45, 2.75) is 203 Å². The van der Waals surface area contributed by atoms with Gasteiger partial charge in [-0.15, -0.1) is 0 Å². The molecule has 0 amide bonds. The van der Waals surface area contributed by atoms with E-state index in [1.807, 2.05) is 0 Å². The second-order valence-electron chi connectivity index (χ2n) is 21.4.